The third-order valence-electron chi connectivity index (χ3n) is 9.16. The van der Waals surface area contributed by atoms with Crippen LogP contribution in [0.5, 0.6) is 5.75 Å². The number of piperazine rings is 1. The Morgan fingerprint density at radius 3 is 2.35 bits per heavy atom. The smallest absolute Gasteiger partial charge is 0.435 e. The molecule has 0 bridgehead atoms. The monoisotopic (exact) mass is 810 g/mol. The Hall–Kier alpha value is -5.31. The second-order valence-electron chi connectivity index (χ2n) is 15.7. The number of nitrogens with two attached hydrogens (primary N) is 1. The molecule has 2 fully saturated rings. The highest BCUT2D eigenvalue weighted by Crippen LogP contribution is 2.28. The molecule has 2 amide bonds. The predicted octanol–water partition coefficient (Wildman–Crippen LogP) is 4.47. The zero-order chi connectivity index (χ0) is 40.6. The molecule has 306 valence electrons. The number of imide groups is 1. The van der Waals surface area contributed by atoms with Crippen molar-refractivity contribution in [2.45, 2.75) is 65.3 Å². The number of morpholine rings is 1. The van der Waals surface area contributed by atoms with Crippen molar-refractivity contribution in [2.24, 2.45) is 0 Å². The van der Waals surface area contributed by atoms with Crippen LogP contribution in [0.3, 0.4) is 0 Å². The van der Waals surface area contributed by atoms with Gasteiger partial charge in [-0.05, 0) is 65.8 Å². The Morgan fingerprint density at radius 2 is 1.70 bits per heavy atom. The maximum absolute atomic E-state index is 15.6. The molecule has 18 nitrogen and oxygen atoms in total. The van der Waals surface area contributed by atoms with Crippen LogP contribution >= 0.6 is 11.3 Å². The van der Waals surface area contributed by atoms with Crippen LogP contribution in [-0.2, 0) is 20.8 Å². The predicted molar refractivity (Wildman–Crippen MR) is 209 cm³/mol. The fourth-order valence-corrected chi connectivity index (χ4v) is 7.49. The molecule has 1 atom stereocenters. The molecule has 0 radical (unpaired) electrons. The minimum Gasteiger partial charge on any atom is -0.492 e. The van der Waals surface area contributed by atoms with Gasteiger partial charge in [-0.3, -0.25) is 14.3 Å². The molecule has 6 heterocycles. The van der Waals surface area contributed by atoms with Gasteiger partial charge in [0, 0.05) is 51.9 Å². The number of aromatic nitrogens is 5. The Balaban J connectivity index is 0.959. The van der Waals surface area contributed by atoms with Gasteiger partial charge in [-0.25, -0.2) is 19.0 Å². The number of rotatable bonds is 9. The second kappa shape index (κ2) is 15.9. The van der Waals surface area contributed by atoms with E-state index in [1.165, 1.54) is 21.9 Å². The van der Waals surface area contributed by atoms with Crippen molar-refractivity contribution in [3.05, 3.63) is 52.1 Å². The molecule has 2 aliphatic heterocycles. The number of hydrogen-bond donors (Lipinski definition) is 1. The standard InChI is InChI=1S/C37H47FN10O8S/c1-36(2,3)55-33(49)48(34(50)56-37(4,5)6)46-17-19-52-21-23(46)22-54-24-9-10-26(25(38)20-24)44-14-11-43(12-15-44)13-16-45-30-28(57-35(45)51)31-40-29(27-8-7-18-53-27)42-47(31)32(39)41-30/h7-10,18,20,23H,11-17,19,21-22H2,1-6H3,(H2,39,41). The van der Waals surface area contributed by atoms with Crippen molar-refractivity contribution < 1.29 is 37.3 Å². The number of carbonyl (C=O) groups is 2. The van der Waals surface area contributed by atoms with E-state index in [0.717, 1.165) is 16.3 Å². The molecule has 57 heavy (non-hydrogen) atoms. The largest absolute Gasteiger partial charge is 0.492 e. The van der Waals surface area contributed by atoms with Crippen molar-refractivity contribution in [1.82, 2.24) is 39.1 Å². The summed E-state index contributed by atoms with van der Waals surface area (Å²) < 4.78 is 47.4. The van der Waals surface area contributed by atoms with E-state index in [1.807, 2.05) is 4.90 Å². The molecule has 5 aromatic rings. The number of amides is 2. The molecule has 4 aromatic heterocycles. The Bertz CT molecular complexity index is 2260. The first-order valence-corrected chi connectivity index (χ1v) is 19.5. The van der Waals surface area contributed by atoms with Crippen LogP contribution in [0, 0.1) is 5.82 Å². The van der Waals surface area contributed by atoms with Crippen LogP contribution in [0.4, 0.5) is 25.6 Å². The molecule has 0 aliphatic carbocycles. The number of benzene rings is 1. The van der Waals surface area contributed by atoms with Gasteiger partial charge >= 0.3 is 17.1 Å². The van der Waals surface area contributed by atoms with E-state index < -0.39 is 35.2 Å². The van der Waals surface area contributed by atoms with Gasteiger partial charge in [-0.1, -0.05) is 11.3 Å². The van der Waals surface area contributed by atoms with E-state index in [2.05, 4.69) is 20.0 Å². The van der Waals surface area contributed by atoms with Gasteiger partial charge in [0.15, 0.2) is 17.1 Å². The molecule has 2 aliphatic rings. The number of hydrazine groups is 1. The van der Waals surface area contributed by atoms with Crippen molar-refractivity contribution in [3.63, 3.8) is 0 Å². The van der Waals surface area contributed by atoms with Crippen LogP contribution in [-0.4, -0.2) is 128 Å². The summed E-state index contributed by atoms with van der Waals surface area (Å²) in [5.74, 6) is 0.762. The third kappa shape index (κ3) is 8.98. The lowest BCUT2D eigenvalue weighted by atomic mass is 10.2. The van der Waals surface area contributed by atoms with E-state index in [-0.39, 0.29) is 42.9 Å². The number of fused-ring (bicyclic) bond motifs is 3. The maximum Gasteiger partial charge on any atom is 0.435 e. The summed E-state index contributed by atoms with van der Waals surface area (Å²) in [6.45, 7) is 14.2. The van der Waals surface area contributed by atoms with E-state index >= 15 is 4.39 Å². The Labute approximate surface area is 331 Å². The molecule has 0 spiro atoms. The summed E-state index contributed by atoms with van der Waals surface area (Å²) in [7, 11) is 0. The van der Waals surface area contributed by atoms with Gasteiger partial charge < -0.3 is 34.0 Å². The van der Waals surface area contributed by atoms with Gasteiger partial charge in [0.25, 0.3) is 0 Å². The van der Waals surface area contributed by atoms with E-state index in [4.69, 9.17) is 29.1 Å². The average molecular weight is 811 g/mol. The minimum absolute atomic E-state index is 0.0139. The van der Waals surface area contributed by atoms with Gasteiger partial charge in [0.2, 0.25) is 11.8 Å². The lowest BCUT2D eigenvalue weighted by Crippen LogP contribution is -2.61. The van der Waals surface area contributed by atoms with Crippen LogP contribution in [0.25, 0.3) is 27.6 Å². The molecular formula is C37H47FN10O8S. The Morgan fingerprint density at radius 1 is 0.982 bits per heavy atom. The first-order valence-electron chi connectivity index (χ1n) is 18.6. The first-order chi connectivity index (χ1) is 27.0. The number of hydrogen-bond acceptors (Lipinski definition) is 16. The van der Waals surface area contributed by atoms with Gasteiger partial charge in [-0.15, -0.1) is 10.1 Å². The lowest BCUT2D eigenvalue weighted by molar-refractivity contribution is -0.127. The Kier molecular flexibility index (Phi) is 11.1. The molecule has 0 saturated carbocycles. The van der Waals surface area contributed by atoms with E-state index in [0.29, 0.717) is 72.5 Å². The maximum atomic E-state index is 15.6. The summed E-state index contributed by atoms with van der Waals surface area (Å²) >= 11 is 1.04. The van der Waals surface area contributed by atoms with Gasteiger partial charge in [0.1, 0.15) is 34.1 Å². The van der Waals surface area contributed by atoms with Crippen molar-refractivity contribution in [3.8, 4) is 17.3 Å². The van der Waals surface area contributed by atoms with Gasteiger partial charge in [0.05, 0.1) is 31.2 Å². The highest BCUT2D eigenvalue weighted by atomic mass is 32.1. The van der Waals surface area contributed by atoms with Crippen LogP contribution in [0.1, 0.15) is 41.5 Å². The minimum atomic E-state index is -0.885. The van der Waals surface area contributed by atoms with E-state index in [1.54, 1.807) is 70.4 Å². The average Bonchev–Trinajstić information content (AvgIpc) is 3.89. The summed E-state index contributed by atoms with van der Waals surface area (Å²) in [5, 5.41) is 6.79. The number of furan rings is 1. The summed E-state index contributed by atoms with van der Waals surface area (Å²) in [4.78, 5) is 52.8. The fraction of sp³-hybridized carbons (Fsp3) is 0.514. The number of carbonyl (C=O) groups excluding carboxylic acids is 2. The number of ether oxygens (including phenoxy) is 4. The second-order valence-corrected chi connectivity index (χ2v) is 16.7. The van der Waals surface area contributed by atoms with Crippen molar-refractivity contribution in [2.75, 3.05) is 69.7 Å². The number of anilines is 2. The zero-order valence-corrected chi connectivity index (χ0v) is 33.6. The van der Waals surface area contributed by atoms with Crippen LogP contribution in [0.2, 0.25) is 0 Å². The highest BCUT2D eigenvalue weighted by molar-refractivity contribution is 7.17. The number of halogens is 1. The molecule has 20 heteroatoms. The zero-order valence-electron chi connectivity index (χ0n) is 32.8. The normalized spacial score (nSPS) is 17.3. The number of nitrogen functional groups attached to an aromatic ring is 1. The molecule has 1 aromatic carbocycles. The highest BCUT2D eigenvalue weighted by Gasteiger charge is 2.40. The third-order valence-corrected chi connectivity index (χ3v) is 10.1. The summed E-state index contributed by atoms with van der Waals surface area (Å²) in [5.41, 5.74) is 5.83. The lowest BCUT2D eigenvalue weighted by Gasteiger charge is -2.41. The molecule has 7 rings (SSSR count). The molecule has 1 unspecified atom stereocenters. The molecule has 2 N–H and O–H groups in total. The SMILES string of the molecule is CC(C)(C)OC(=O)N(C(=O)OC(C)(C)C)N1CCOCC1COc1ccc(N2CCN(CCn3c(=O)sc4c3nc(N)n3nc(-c5ccco5)nc43)CC2)c(F)c1. The first kappa shape index (κ1) is 39.9. The fourth-order valence-electron chi connectivity index (χ4n) is 6.55. The van der Waals surface area contributed by atoms with E-state index in [9.17, 15) is 14.4 Å². The topological polar surface area (TPSA) is 188 Å². The van der Waals surface area contributed by atoms with Gasteiger partial charge in [-0.2, -0.15) is 14.5 Å². The van der Waals surface area contributed by atoms with Crippen LogP contribution < -0.4 is 20.2 Å². The van der Waals surface area contributed by atoms with Crippen LogP contribution in [0.15, 0.2) is 45.8 Å². The summed E-state index contributed by atoms with van der Waals surface area (Å²) in [6.07, 6.45) is -0.241. The quantitative estimate of drug-likeness (QED) is 0.220. The molecule has 2 saturated heterocycles. The molecular weight excluding hydrogens is 764 g/mol. The number of nitrogens with zero attached hydrogens (tertiary/aromatic N) is 9. The number of thiazole rings is 1. The summed E-state index contributed by atoms with van der Waals surface area (Å²) in [6, 6.07) is 7.58. The van der Waals surface area contributed by atoms with Crippen molar-refractivity contribution >= 4 is 51.2 Å². The van der Waals surface area contributed by atoms with Crippen molar-refractivity contribution in [1.29, 1.82) is 0 Å².